The van der Waals surface area contributed by atoms with Crippen LogP contribution in [0.25, 0.3) is 0 Å². The number of carbonyl (C=O) groups is 1. The van der Waals surface area contributed by atoms with Gasteiger partial charge in [-0.15, -0.1) is 0 Å². The van der Waals surface area contributed by atoms with E-state index in [0.29, 0.717) is 15.9 Å². The van der Waals surface area contributed by atoms with E-state index in [1.165, 1.54) is 26.3 Å². The summed E-state index contributed by atoms with van der Waals surface area (Å²) in [6, 6.07) is 5.42. The minimum atomic E-state index is -4.00. The van der Waals surface area contributed by atoms with Gasteiger partial charge in [-0.25, -0.2) is 13.2 Å². The Morgan fingerprint density at radius 1 is 1.38 bits per heavy atom. The van der Waals surface area contributed by atoms with Crippen LogP contribution in [0, 0.1) is 6.92 Å². The van der Waals surface area contributed by atoms with E-state index in [0.717, 1.165) is 6.07 Å². The molecule has 0 atom stereocenters. The van der Waals surface area contributed by atoms with Gasteiger partial charge >= 0.3 is 5.97 Å². The van der Waals surface area contributed by atoms with Crippen LogP contribution < -0.4 is 0 Å². The highest BCUT2D eigenvalue weighted by Gasteiger charge is 2.25. The maximum atomic E-state index is 12.3. The number of halogens is 1. The summed E-state index contributed by atoms with van der Waals surface area (Å²) in [4.78, 5) is 16.5. The number of ether oxygens (including phenoxy) is 1. The molecule has 0 bridgehead atoms. The lowest BCUT2D eigenvalue weighted by atomic mass is 10.2. The Kier molecular flexibility index (Phi) is 5.60. The van der Waals surface area contributed by atoms with Gasteiger partial charge in [0, 0.05) is 13.1 Å². The van der Waals surface area contributed by atoms with E-state index in [9.17, 15) is 13.2 Å². The van der Waals surface area contributed by atoms with Crippen molar-refractivity contribution in [1.82, 2.24) is 9.63 Å². The van der Waals surface area contributed by atoms with E-state index in [2.05, 4.69) is 9.99 Å². The number of carbonyl (C=O) groups excluding carboxylic acids is 1. The summed E-state index contributed by atoms with van der Waals surface area (Å²) in [5.74, 6) is -0.132. The SMILES string of the molecule is CON(C)S(=O)(=O)c1cc(C(=O)OCc2cc(C)on2)ccc1Cl. The van der Waals surface area contributed by atoms with Gasteiger partial charge in [-0.2, -0.15) is 0 Å². The van der Waals surface area contributed by atoms with Crippen molar-refractivity contribution >= 4 is 27.6 Å². The number of esters is 1. The molecule has 0 aliphatic heterocycles. The third-order valence-corrected chi connectivity index (χ3v) is 5.23. The van der Waals surface area contributed by atoms with E-state index in [4.69, 9.17) is 20.9 Å². The largest absolute Gasteiger partial charge is 0.455 e. The van der Waals surface area contributed by atoms with Crippen molar-refractivity contribution in [1.29, 1.82) is 0 Å². The summed E-state index contributed by atoms with van der Waals surface area (Å²) in [7, 11) is -1.59. The highest BCUT2D eigenvalue weighted by molar-refractivity contribution is 7.89. The average molecular weight is 375 g/mol. The normalized spacial score (nSPS) is 11.7. The molecule has 2 rings (SSSR count). The monoisotopic (exact) mass is 374 g/mol. The summed E-state index contributed by atoms with van der Waals surface area (Å²) in [6.07, 6.45) is 0. The van der Waals surface area contributed by atoms with Crippen LogP contribution in [0.1, 0.15) is 21.8 Å². The first kappa shape index (κ1) is 18.4. The Bertz CT molecular complexity index is 849. The van der Waals surface area contributed by atoms with E-state index in [1.807, 2.05) is 0 Å². The predicted octanol–water partition coefficient (Wildman–Crippen LogP) is 2.18. The smallest absolute Gasteiger partial charge is 0.338 e. The van der Waals surface area contributed by atoms with Crippen molar-refractivity contribution in [2.45, 2.75) is 18.4 Å². The highest BCUT2D eigenvalue weighted by Crippen LogP contribution is 2.25. The molecule has 0 aliphatic carbocycles. The molecule has 10 heteroatoms. The second kappa shape index (κ2) is 7.31. The molecule has 0 saturated heterocycles. The van der Waals surface area contributed by atoms with Gasteiger partial charge in [0.25, 0.3) is 10.0 Å². The van der Waals surface area contributed by atoms with Gasteiger partial charge in [0.05, 0.1) is 17.7 Å². The molecule has 1 heterocycles. The van der Waals surface area contributed by atoms with Crippen molar-refractivity contribution in [3.8, 4) is 0 Å². The fourth-order valence-electron chi connectivity index (χ4n) is 1.77. The highest BCUT2D eigenvalue weighted by atomic mass is 35.5. The van der Waals surface area contributed by atoms with Crippen LogP contribution >= 0.6 is 11.6 Å². The van der Waals surface area contributed by atoms with Crippen molar-refractivity contribution in [2.75, 3.05) is 14.2 Å². The molecule has 1 aromatic heterocycles. The number of sulfonamides is 1. The molecule has 0 amide bonds. The van der Waals surface area contributed by atoms with Gasteiger partial charge < -0.3 is 9.26 Å². The first-order valence-electron chi connectivity index (χ1n) is 6.67. The number of aryl methyl sites for hydroxylation is 1. The summed E-state index contributed by atoms with van der Waals surface area (Å²) in [5, 5.41) is 3.65. The van der Waals surface area contributed by atoms with Gasteiger partial charge in [-0.05, 0) is 25.1 Å². The fourth-order valence-corrected chi connectivity index (χ4v) is 3.25. The van der Waals surface area contributed by atoms with E-state index >= 15 is 0 Å². The minimum Gasteiger partial charge on any atom is -0.455 e. The molecule has 0 fully saturated rings. The minimum absolute atomic E-state index is 0.0303. The van der Waals surface area contributed by atoms with Crippen molar-refractivity contribution < 1.29 is 27.3 Å². The number of hydroxylamine groups is 1. The molecule has 2 aromatic rings. The van der Waals surface area contributed by atoms with Crippen LogP contribution in [0.4, 0.5) is 0 Å². The first-order chi connectivity index (χ1) is 11.3. The third-order valence-electron chi connectivity index (χ3n) is 3.07. The lowest BCUT2D eigenvalue weighted by Gasteiger charge is -2.15. The van der Waals surface area contributed by atoms with Gasteiger partial charge in [0.15, 0.2) is 0 Å². The zero-order chi connectivity index (χ0) is 17.9. The summed E-state index contributed by atoms with van der Waals surface area (Å²) >= 11 is 5.93. The maximum Gasteiger partial charge on any atom is 0.338 e. The Hall–Kier alpha value is -1.94. The first-order valence-corrected chi connectivity index (χ1v) is 8.49. The molecule has 24 heavy (non-hydrogen) atoms. The molecule has 0 N–H and O–H groups in total. The number of nitrogens with zero attached hydrogens (tertiary/aromatic N) is 2. The van der Waals surface area contributed by atoms with Crippen LogP contribution in [-0.4, -0.2) is 38.2 Å². The van der Waals surface area contributed by atoms with Crippen LogP contribution in [0.2, 0.25) is 5.02 Å². The molecule has 0 saturated carbocycles. The van der Waals surface area contributed by atoms with Crippen LogP contribution in [0.5, 0.6) is 0 Å². The van der Waals surface area contributed by atoms with Gasteiger partial charge in [-0.3, -0.25) is 4.84 Å². The van der Waals surface area contributed by atoms with Gasteiger partial charge in [0.2, 0.25) is 0 Å². The molecule has 0 spiro atoms. The zero-order valence-electron chi connectivity index (χ0n) is 13.1. The lowest BCUT2D eigenvalue weighted by molar-refractivity contribution is -0.0258. The van der Waals surface area contributed by atoms with E-state index in [-0.39, 0.29) is 22.1 Å². The Balaban J connectivity index is 2.22. The van der Waals surface area contributed by atoms with Crippen LogP contribution in [0.15, 0.2) is 33.7 Å². The molecule has 130 valence electrons. The Morgan fingerprint density at radius 3 is 2.67 bits per heavy atom. The number of benzene rings is 1. The maximum absolute atomic E-state index is 12.3. The molecule has 1 aromatic carbocycles. The topological polar surface area (TPSA) is 98.9 Å². The number of aromatic nitrogens is 1. The van der Waals surface area contributed by atoms with Crippen molar-refractivity contribution in [2.24, 2.45) is 0 Å². The van der Waals surface area contributed by atoms with Crippen molar-refractivity contribution in [3.63, 3.8) is 0 Å². The Labute approximate surface area is 143 Å². The Morgan fingerprint density at radius 2 is 2.08 bits per heavy atom. The second-order valence-corrected chi connectivity index (χ2v) is 7.06. The summed E-state index contributed by atoms with van der Waals surface area (Å²) in [5.41, 5.74) is 0.476. The second-order valence-electron chi connectivity index (χ2n) is 4.75. The third kappa shape index (κ3) is 3.93. The van der Waals surface area contributed by atoms with Gasteiger partial charge in [0.1, 0.15) is 23.0 Å². The van der Waals surface area contributed by atoms with Crippen LogP contribution in [-0.2, 0) is 26.2 Å². The molecule has 0 unspecified atom stereocenters. The molecule has 8 nitrogen and oxygen atoms in total. The molecular formula is C14H15ClN2O6S. The zero-order valence-corrected chi connectivity index (χ0v) is 14.7. The molecular weight excluding hydrogens is 360 g/mol. The number of hydrogen-bond acceptors (Lipinski definition) is 7. The van der Waals surface area contributed by atoms with Crippen molar-refractivity contribution in [3.05, 3.63) is 46.3 Å². The number of hydrogen-bond donors (Lipinski definition) is 0. The molecule has 0 aliphatic rings. The standard InChI is InChI=1S/C14H15ClN2O6S/c1-9-6-11(16-23-9)8-22-14(18)10-4-5-12(15)13(7-10)24(19,20)17(2)21-3/h4-7H,8H2,1-3H3. The van der Waals surface area contributed by atoms with Gasteiger partial charge in [-0.1, -0.05) is 21.2 Å². The summed E-state index contributed by atoms with van der Waals surface area (Å²) < 4.78 is 35.1. The summed E-state index contributed by atoms with van der Waals surface area (Å²) in [6.45, 7) is 1.61. The predicted molar refractivity (Wildman–Crippen MR) is 83.8 cm³/mol. The van der Waals surface area contributed by atoms with E-state index in [1.54, 1.807) is 13.0 Å². The van der Waals surface area contributed by atoms with E-state index < -0.39 is 16.0 Å². The van der Waals surface area contributed by atoms with Crippen LogP contribution in [0.3, 0.4) is 0 Å². The quantitative estimate of drug-likeness (QED) is 0.564. The molecule has 0 radical (unpaired) electrons. The fraction of sp³-hybridized carbons (Fsp3) is 0.286. The number of rotatable bonds is 6. The average Bonchev–Trinajstić information content (AvgIpc) is 2.97. The lowest BCUT2D eigenvalue weighted by Crippen LogP contribution is -2.26.